The molecule has 0 bridgehead atoms. The SMILES string of the molecule is O=C(NCc1ccc2ccc3cccc4ccc1c2c34)c1cc(C(=O)NCc2ccc3ccc4cccc5ccc2c3c45)cc(-c2cc[cH-]c2)c1.[Fe+2].c1cc[cH-]c1. The average Bonchev–Trinajstić information content (AvgIpc) is 4.02. The zero-order valence-electron chi connectivity index (χ0n) is 30.9. The average molecular weight is 777 g/mol. The molecule has 4 nitrogen and oxygen atoms in total. The molecule has 57 heavy (non-hydrogen) atoms. The van der Waals surface area contributed by atoms with Crippen LogP contribution in [0.1, 0.15) is 31.8 Å². The fourth-order valence-corrected chi connectivity index (χ4v) is 8.40. The van der Waals surface area contributed by atoms with Crippen molar-refractivity contribution in [3.8, 4) is 11.1 Å². The van der Waals surface area contributed by atoms with Gasteiger partial charge in [-0.05, 0) is 81.8 Å². The second kappa shape index (κ2) is 15.0. The predicted octanol–water partition coefficient (Wildman–Crippen LogP) is 12.1. The number of amides is 2. The predicted molar refractivity (Wildman–Crippen MR) is 232 cm³/mol. The van der Waals surface area contributed by atoms with Crippen LogP contribution in [-0.2, 0) is 30.2 Å². The maximum absolute atomic E-state index is 13.8. The summed E-state index contributed by atoms with van der Waals surface area (Å²) in [5, 5.41) is 20.7. The Kier molecular flexibility index (Phi) is 9.47. The van der Waals surface area contributed by atoms with Crippen LogP contribution < -0.4 is 10.6 Å². The summed E-state index contributed by atoms with van der Waals surface area (Å²) in [5.74, 6) is -0.454. The Balaban J connectivity index is 0.000000656. The maximum Gasteiger partial charge on any atom is 2.00 e. The van der Waals surface area contributed by atoms with Crippen molar-refractivity contribution in [2.45, 2.75) is 13.1 Å². The monoisotopic (exact) mass is 776 g/mol. The van der Waals surface area contributed by atoms with Gasteiger partial charge in [0.05, 0.1) is 0 Å². The fourth-order valence-electron chi connectivity index (χ4n) is 8.40. The zero-order valence-corrected chi connectivity index (χ0v) is 32.0. The topological polar surface area (TPSA) is 58.2 Å². The first-order valence-corrected chi connectivity index (χ1v) is 19.0. The number of benzene rings is 9. The van der Waals surface area contributed by atoms with Gasteiger partial charge in [-0.2, -0.15) is 42.0 Å². The van der Waals surface area contributed by atoms with Crippen molar-refractivity contribution < 1.29 is 26.7 Å². The molecule has 0 aromatic heterocycles. The molecule has 0 saturated carbocycles. The second-order valence-corrected chi connectivity index (χ2v) is 14.5. The van der Waals surface area contributed by atoms with E-state index in [0.29, 0.717) is 24.2 Å². The van der Waals surface area contributed by atoms with Gasteiger partial charge in [0.2, 0.25) is 0 Å². The zero-order chi connectivity index (χ0) is 37.6. The molecule has 0 aliphatic heterocycles. The van der Waals surface area contributed by atoms with E-state index in [1.165, 1.54) is 53.9 Å². The largest absolute Gasteiger partial charge is 2.00 e. The van der Waals surface area contributed by atoms with Gasteiger partial charge in [0, 0.05) is 24.2 Å². The summed E-state index contributed by atoms with van der Waals surface area (Å²) in [5.41, 5.74) is 4.76. The molecule has 0 spiro atoms. The molecule has 0 radical (unpaired) electrons. The Labute approximate surface area is 340 Å². The molecule has 0 atom stereocenters. The molecule has 0 aliphatic rings. The minimum Gasteiger partial charge on any atom is -0.348 e. The molecule has 11 aromatic carbocycles. The molecule has 0 unspecified atom stereocenters. The third-order valence-corrected chi connectivity index (χ3v) is 11.1. The Morgan fingerprint density at radius 2 is 0.860 bits per heavy atom. The standard InChI is InChI=1S/C47H31N2O2.C5H5.Fe/c50-46(48-26-35-17-15-33-13-11-29-7-3-9-31-19-21-40(35)44(33)42(29)31)38-23-37(28-5-1-2-6-28)24-39(25-38)47(51)49-27-36-18-16-34-14-12-30-8-4-10-32-20-22-41(36)45(34)43(30)32;1-2-4-5-3-1;/h1-25H,26-27H2,(H,48,50)(H,49,51);1-5H;/q2*-1;+2. The van der Waals surface area contributed by atoms with E-state index in [-0.39, 0.29) is 28.9 Å². The van der Waals surface area contributed by atoms with Crippen LogP contribution in [0.2, 0.25) is 0 Å². The van der Waals surface area contributed by atoms with Gasteiger partial charge in [0.15, 0.2) is 0 Å². The van der Waals surface area contributed by atoms with Gasteiger partial charge in [-0.15, -0.1) is 0 Å². The normalized spacial score (nSPS) is 11.3. The number of rotatable bonds is 7. The van der Waals surface area contributed by atoms with E-state index in [9.17, 15) is 9.59 Å². The molecule has 0 heterocycles. The molecular formula is C52H36FeN2O2. The first kappa shape index (κ1) is 35.9. The third kappa shape index (κ3) is 6.57. The van der Waals surface area contributed by atoms with Crippen molar-refractivity contribution in [3.05, 3.63) is 204 Å². The van der Waals surface area contributed by atoms with Crippen molar-refractivity contribution in [2.75, 3.05) is 0 Å². The molecule has 274 valence electrons. The van der Waals surface area contributed by atoms with Crippen LogP contribution >= 0.6 is 0 Å². The summed E-state index contributed by atoms with van der Waals surface area (Å²) >= 11 is 0. The summed E-state index contributed by atoms with van der Waals surface area (Å²) in [4.78, 5) is 27.7. The van der Waals surface area contributed by atoms with Gasteiger partial charge >= 0.3 is 17.1 Å². The number of hydrogen-bond donors (Lipinski definition) is 2. The second-order valence-electron chi connectivity index (χ2n) is 14.5. The van der Waals surface area contributed by atoms with Gasteiger partial charge in [0.25, 0.3) is 11.8 Å². The van der Waals surface area contributed by atoms with Crippen molar-refractivity contribution >= 4 is 76.4 Å². The Bertz CT molecular complexity index is 2950. The number of carbonyl (C=O) groups excluding carboxylic acids is 2. The molecule has 11 rings (SSSR count). The summed E-state index contributed by atoms with van der Waals surface area (Å²) in [7, 11) is 0. The van der Waals surface area contributed by atoms with Gasteiger partial charge < -0.3 is 10.6 Å². The van der Waals surface area contributed by atoms with E-state index < -0.39 is 0 Å². The third-order valence-electron chi connectivity index (χ3n) is 11.1. The smallest absolute Gasteiger partial charge is 0.348 e. The molecular weight excluding hydrogens is 740 g/mol. The van der Waals surface area contributed by atoms with E-state index >= 15 is 0 Å². The molecule has 2 amide bonds. The first-order chi connectivity index (χ1) is 27.6. The van der Waals surface area contributed by atoms with Crippen molar-refractivity contribution in [1.82, 2.24) is 10.6 Å². The summed E-state index contributed by atoms with van der Waals surface area (Å²) in [6.07, 6.45) is 0. The van der Waals surface area contributed by atoms with Gasteiger partial charge in [-0.1, -0.05) is 127 Å². The van der Waals surface area contributed by atoms with Crippen molar-refractivity contribution in [2.24, 2.45) is 0 Å². The molecule has 0 saturated heterocycles. The van der Waals surface area contributed by atoms with E-state index in [4.69, 9.17) is 0 Å². The van der Waals surface area contributed by atoms with Gasteiger partial charge in [-0.3, -0.25) is 9.59 Å². The van der Waals surface area contributed by atoms with Gasteiger partial charge in [0.1, 0.15) is 0 Å². The van der Waals surface area contributed by atoms with Crippen LogP contribution in [0.3, 0.4) is 0 Å². The molecule has 0 fully saturated rings. The van der Waals surface area contributed by atoms with Crippen molar-refractivity contribution in [1.29, 1.82) is 0 Å². The molecule has 11 aromatic rings. The summed E-state index contributed by atoms with van der Waals surface area (Å²) in [6.45, 7) is 0.730. The van der Waals surface area contributed by atoms with E-state index in [1.54, 1.807) is 6.07 Å². The fraction of sp³-hybridized carbons (Fsp3) is 0.0385. The van der Waals surface area contributed by atoms with Crippen molar-refractivity contribution in [3.63, 3.8) is 0 Å². The summed E-state index contributed by atoms with van der Waals surface area (Å²) < 4.78 is 0. The maximum atomic E-state index is 13.8. The van der Waals surface area contributed by atoms with E-state index in [1.807, 2.05) is 66.7 Å². The number of carbonyl (C=O) groups is 2. The van der Waals surface area contributed by atoms with Crippen LogP contribution in [0.4, 0.5) is 0 Å². The summed E-state index contributed by atoms with van der Waals surface area (Å²) in [6, 6.07) is 61.9. The first-order valence-electron chi connectivity index (χ1n) is 19.0. The minimum absolute atomic E-state index is 0. The minimum atomic E-state index is -0.227. The van der Waals surface area contributed by atoms with E-state index in [2.05, 4.69) is 120 Å². The van der Waals surface area contributed by atoms with Gasteiger partial charge in [-0.25, -0.2) is 18.2 Å². The number of nitrogens with one attached hydrogen (secondary N) is 2. The van der Waals surface area contributed by atoms with Crippen LogP contribution in [0.15, 0.2) is 182 Å². The Morgan fingerprint density at radius 1 is 0.421 bits per heavy atom. The van der Waals surface area contributed by atoms with Crippen LogP contribution in [0.5, 0.6) is 0 Å². The van der Waals surface area contributed by atoms with Crippen LogP contribution in [-0.4, -0.2) is 11.8 Å². The molecule has 0 aliphatic carbocycles. The Hall–Kier alpha value is -6.78. The quantitative estimate of drug-likeness (QED) is 0.0962. The van der Waals surface area contributed by atoms with Crippen LogP contribution in [0, 0.1) is 0 Å². The van der Waals surface area contributed by atoms with Crippen LogP contribution in [0.25, 0.3) is 75.8 Å². The molecule has 5 heteroatoms. The molecule has 2 N–H and O–H groups in total. The van der Waals surface area contributed by atoms with E-state index in [0.717, 1.165) is 33.0 Å². The Morgan fingerprint density at radius 3 is 1.28 bits per heavy atom. The number of hydrogen-bond acceptors (Lipinski definition) is 2.